The molecule has 0 saturated heterocycles. The molecule has 4 nitrogen and oxygen atoms in total. The lowest BCUT2D eigenvalue weighted by atomic mass is 9.93. The number of hydrogen-bond donors (Lipinski definition) is 2. The van der Waals surface area contributed by atoms with Crippen LogP contribution < -0.4 is 5.73 Å². The fourth-order valence-corrected chi connectivity index (χ4v) is 1.93. The van der Waals surface area contributed by atoms with Crippen LogP contribution in [0, 0.1) is 0 Å². The second-order valence-electron chi connectivity index (χ2n) is 4.08. The van der Waals surface area contributed by atoms with Crippen molar-refractivity contribution in [2.24, 2.45) is 12.8 Å². The van der Waals surface area contributed by atoms with Crippen LogP contribution >= 0.6 is 0 Å². The zero-order chi connectivity index (χ0) is 11.4. The van der Waals surface area contributed by atoms with Gasteiger partial charge in [-0.3, -0.25) is 4.68 Å². The van der Waals surface area contributed by atoms with E-state index in [2.05, 4.69) is 12.0 Å². The highest BCUT2D eigenvalue weighted by atomic mass is 16.3. The normalized spacial score (nSPS) is 15.3. The summed E-state index contributed by atoms with van der Waals surface area (Å²) in [5, 5.41) is 13.8. The summed E-state index contributed by atoms with van der Waals surface area (Å²) < 4.78 is 1.82. The summed E-state index contributed by atoms with van der Waals surface area (Å²) in [4.78, 5) is 0. The predicted octanol–water partition coefficient (Wildman–Crippen LogP) is 0.796. The second-order valence-corrected chi connectivity index (χ2v) is 4.08. The number of aryl methyl sites for hydroxylation is 2. The van der Waals surface area contributed by atoms with Gasteiger partial charge in [-0.15, -0.1) is 0 Å². The molecule has 0 aliphatic rings. The topological polar surface area (TPSA) is 64.1 Å². The molecule has 0 aromatic carbocycles. The van der Waals surface area contributed by atoms with Crippen LogP contribution in [0.3, 0.4) is 0 Å². The Bertz CT molecular complexity index is 307. The maximum atomic E-state index is 9.40. The molecule has 2 atom stereocenters. The Morgan fingerprint density at radius 2 is 2.27 bits per heavy atom. The molecule has 0 bridgehead atoms. The molecule has 0 aliphatic carbocycles. The summed E-state index contributed by atoms with van der Waals surface area (Å²) in [6.45, 7) is 4.44. The Morgan fingerprint density at radius 1 is 1.60 bits per heavy atom. The molecule has 86 valence electrons. The molecule has 0 saturated carbocycles. The maximum Gasteiger partial charge on any atom is 0.0657 e. The van der Waals surface area contributed by atoms with Gasteiger partial charge in [0.05, 0.1) is 11.8 Å². The van der Waals surface area contributed by atoms with Gasteiger partial charge >= 0.3 is 0 Å². The van der Waals surface area contributed by atoms with E-state index in [4.69, 9.17) is 5.73 Å². The summed E-state index contributed by atoms with van der Waals surface area (Å²) >= 11 is 0. The first-order valence-corrected chi connectivity index (χ1v) is 5.49. The number of nitrogens with zero attached hydrogens (tertiary/aromatic N) is 2. The third-order valence-corrected chi connectivity index (χ3v) is 2.62. The highest BCUT2D eigenvalue weighted by Gasteiger charge is 2.18. The van der Waals surface area contributed by atoms with Crippen molar-refractivity contribution >= 4 is 0 Å². The number of nitrogens with two attached hydrogens (primary N) is 1. The van der Waals surface area contributed by atoms with Gasteiger partial charge in [0.25, 0.3) is 0 Å². The molecule has 15 heavy (non-hydrogen) atoms. The van der Waals surface area contributed by atoms with Gasteiger partial charge in [-0.2, -0.15) is 5.10 Å². The summed E-state index contributed by atoms with van der Waals surface area (Å²) in [6.07, 6.45) is 3.31. The smallest absolute Gasteiger partial charge is 0.0657 e. The summed E-state index contributed by atoms with van der Waals surface area (Å²) in [7, 11) is 1.92. The maximum absolute atomic E-state index is 9.40. The number of rotatable bonds is 5. The molecule has 0 fully saturated rings. The molecule has 0 amide bonds. The van der Waals surface area contributed by atoms with E-state index in [1.165, 1.54) is 5.56 Å². The standard InChI is InChI=1S/C11H21N3O/c1-4-11-10(7-14(3)13-11)9(6-12)5-8(2)15/h7-9,15H,4-6,12H2,1-3H3. The van der Waals surface area contributed by atoms with Gasteiger partial charge < -0.3 is 10.8 Å². The minimum atomic E-state index is -0.316. The van der Waals surface area contributed by atoms with Crippen molar-refractivity contribution in [1.29, 1.82) is 0 Å². The van der Waals surface area contributed by atoms with Crippen LogP contribution in [0.15, 0.2) is 6.20 Å². The van der Waals surface area contributed by atoms with Crippen molar-refractivity contribution in [1.82, 2.24) is 9.78 Å². The van der Waals surface area contributed by atoms with Crippen LogP contribution in [0.1, 0.15) is 37.4 Å². The summed E-state index contributed by atoms with van der Waals surface area (Å²) in [6, 6.07) is 0. The van der Waals surface area contributed by atoms with Crippen LogP contribution in [0.4, 0.5) is 0 Å². The molecule has 0 radical (unpaired) electrons. The first-order chi connectivity index (χ1) is 7.08. The number of aliphatic hydroxyl groups excluding tert-OH is 1. The van der Waals surface area contributed by atoms with Crippen molar-refractivity contribution in [2.45, 2.75) is 38.7 Å². The Kier molecular flexibility index (Phi) is 4.29. The van der Waals surface area contributed by atoms with Crippen LogP contribution in [0.25, 0.3) is 0 Å². The van der Waals surface area contributed by atoms with E-state index in [1.54, 1.807) is 6.92 Å². The van der Waals surface area contributed by atoms with Gasteiger partial charge in [-0.05, 0) is 31.9 Å². The van der Waals surface area contributed by atoms with Gasteiger partial charge in [-0.25, -0.2) is 0 Å². The monoisotopic (exact) mass is 211 g/mol. The quantitative estimate of drug-likeness (QED) is 0.757. The van der Waals surface area contributed by atoms with Gasteiger partial charge in [0.1, 0.15) is 0 Å². The van der Waals surface area contributed by atoms with E-state index < -0.39 is 0 Å². The first kappa shape index (κ1) is 12.2. The molecule has 1 aromatic rings. The van der Waals surface area contributed by atoms with E-state index in [9.17, 15) is 5.11 Å². The van der Waals surface area contributed by atoms with E-state index in [1.807, 2.05) is 17.9 Å². The first-order valence-electron chi connectivity index (χ1n) is 5.49. The summed E-state index contributed by atoms with van der Waals surface area (Å²) in [5.41, 5.74) is 8.01. The van der Waals surface area contributed by atoms with E-state index >= 15 is 0 Å². The SMILES string of the molecule is CCc1nn(C)cc1C(CN)CC(C)O. The third-order valence-electron chi connectivity index (χ3n) is 2.62. The van der Waals surface area contributed by atoms with E-state index in [0.717, 1.165) is 12.1 Å². The Balaban J connectivity index is 2.89. The third kappa shape index (κ3) is 3.04. The van der Waals surface area contributed by atoms with Crippen molar-refractivity contribution < 1.29 is 5.11 Å². The minimum Gasteiger partial charge on any atom is -0.393 e. The highest BCUT2D eigenvalue weighted by molar-refractivity contribution is 5.22. The Labute approximate surface area is 91.1 Å². The van der Waals surface area contributed by atoms with E-state index in [-0.39, 0.29) is 12.0 Å². The zero-order valence-corrected chi connectivity index (χ0v) is 9.77. The van der Waals surface area contributed by atoms with Crippen LogP contribution in [-0.2, 0) is 13.5 Å². The van der Waals surface area contributed by atoms with Gasteiger partial charge in [0.15, 0.2) is 0 Å². The average Bonchev–Trinajstić information content (AvgIpc) is 2.55. The number of hydrogen-bond acceptors (Lipinski definition) is 3. The molecule has 1 rings (SSSR count). The average molecular weight is 211 g/mol. The molecule has 4 heteroatoms. The fourth-order valence-electron chi connectivity index (χ4n) is 1.93. The number of aliphatic hydroxyl groups is 1. The van der Waals surface area contributed by atoms with Crippen molar-refractivity contribution in [3.8, 4) is 0 Å². The lowest BCUT2D eigenvalue weighted by molar-refractivity contribution is 0.175. The molecular formula is C11H21N3O. The van der Waals surface area contributed by atoms with Gasteiger partial charge in [0, 0.05) is 19.2 Å². The summed E-state index contributed by atoms with van der Waals surface area (Å²) in [5.74, 6) is 0.216. The predicted molar refractivity (Wildman–Crippen MR) is 60.7 cm³/mol. The zero-order valence-electron chi connectivity index (χ0n) is 9.77. The van der Waals surface area contributed by atoms with Crippen LogP contribution in [-0.4, -0.2) is 27.5 Å². The largest absolute Gasteiger partial charge is 0.393 e. The van der Waals surface area contributed by atoms with Gasteiger partial charge in [0.2, 0.25) is 0 Å². The van der Waals surface area contributed by atoms with Gasteiger partial charge in [-0.1, -0.05) is 6.92 Å². The molecule has 3 N–H and O–H groups in total. The lowest BCUT2D eigenvalue weighted by Gasteiger charge is -2.16. The van der Waals surface area contributed by atoms with Crippen molar-refractivity contribution in [2.75, 3.05) is 6.54 Å². The molecule has 1 heterocycles. The lowest BCUT2D eigenvalue weighted by Crippen LogP contribution is -2.18. The molecule has 2 unspecified atom stereocenters. The molecule has 0 aliphatic heterocycles. The van der Waals surface area contributed by atoms with E-state index in [0.29, 0.717) is 13.0 Å². The second kappa shape index (κ2) is 5.28. The molecule has 1 aromatic heterocycles. The van der Waals surface area contributed by atoms with Crippen LogP contribution in [0.5, 0.6) is 0 Å². The van der Waals surface area contributed by atoms with Crippen molar-refractivity contribution in [3.63, 3.8) is 0 Å². The minimum absolute atomic E-state index is 0.216. The molecular weight excluding hydrogens is 190 g/mol. The van der Waals surface area contributed by atoms with Crippen LogP contribution in [0.2, 0.25) is 0 Å². The Morgan fingerprint density at radius 3 is 2.73 bits per heavy atom. The fraction of sp³-hybridized carbons (Fsp3) is 0.727. The molecule has 0 spiro atoms. The van der Waals surface area contributed by atoms with Crippen molar-refractivity contribution in [3.05, 3.63) is 17.5 Å². The number of aromatic nitrogens is 2. The Hall–Kier alpha value is -0.870. The highest BCUT2D eigenvalue weighted by Crippen LogP contribution is 2.23.